The Bertz CT molecular complexity index is 295. The fourth-order valence-corrected chi connectivity index (χ4v) is 2.51. The number of esters is 2. The zero-order valence-electron chi connectivity index (χ0n) is 15.8. The van der Waals surface area contributed by atoms with Crippen molar-refractivity contribution < 1.29 is 28.5 Å². The summed E-state index contributed by atoms with van der Waals surface area (Å²) < 4.78 is 20.7. The van der Waals surface area contributed by atoms with Crippen LogP contribution in [-0.2, 0) is 28.5 Å². The van der Waals surface area contributed by atoms with Crippen molar-refractivity contribution in [1.82, 2.24) is 0 Å². The van der Waals surface area contributed by atoms with Crippen LogP contribution in [0.4, 0.5) is 0 Å². The second-order valence-electron chi connectivity index (χ2n) is 5.49. The smallest absolute Gasteiger partial charge is 0.306 e. The molecule has 6 nitrogen and oxygen atoms in total. The lowest BCUT2D eigenvalue weighted by molar-refractivity contribution is -0.145. The van der Waals surface area contributed by atoms with Crippen molar-refractivity contribution in [3.63, 3.8) is 0 Å². The normalized spacial score (nSPS) is 10.6. The van der Waals surface area contributed by atoms with Crippen LogP contribution in [0.5, 0.6) is 0 Å². The van der Waals surface area contributed by atoms with Crippen molar-refractivity contribution in [3.05, 3.63) is 0 Å². The fraction of sp³-hybridized carbons (Fsp3) is 0.889. The second-order valence-corrected chi connectivity index (χ2v) is 6.71. The van der Waals surface area contributed by atoms with Crippen molar-refractivity contribution >= 4 is 23.7 Å². The lowest BCUT2D eigenvalue weighted by atomic mass is 10.4. The van der Waals surface area contributed by atoms with E-state index in [1.807, 2.05) is 0 Å². The van der Waals surface area contributed by atoms with Gasteiger partial charge in [0.25, 0.3) is 0 Å². The van der Waals surface area contributed by atoms with Gasteiger partial charge in [-0.2, -0.15) is 11.8 Å². The Hall–Kier alpha value is -0.790. The maximum atomic E-state index is 11.5. The van der Waals surface area contributed by atoms with Gasteiger partial charge in [-0.05, 0) is 12.8 Å². The summed E-state index contributed by atoms with van der Waals surface area (Å²) in [5, 5.41) is 0. The lowest BCUT2D eigenvalue weighted by Gasteiger charge is -2.06. The van der Waals surface area contributed by atoms with Crippen molar-refractivity contribution in [1.29, 1.82) is 0 Å². The lowest BCUT2D eigenvalue weighted by Crippen LogP contribution is -2.12. The average molecular weight is 379 g/mol. The molecule has 0 N–H and O–H groups in total. The zero-order chi connectivity index (χ0) is 18.6. The summed E-state index contributed by atoms with van der Waals surface area (Å²) in [4.78, 5) is 23.0. The van der Waals surface area contributed by atoms with Gasteiger partial charge >= 0.3 is 11.9 Å². The van der Waals surface area contributed by atoms with Crippen molar-refractivity contribution in [2.75, 3.05) is 51.1 Å². The highest BCUT2D eigenvalue weighted by molar-refractivity contribution is 7.99. The number of carbonyl (C=O) groups excluding carboxylic acids is 2. The number of rotatable bonds is 18. The molecule has 0 atom stereocenters. The van der Waals surface area contributed by atoms with E-state index in [1.165, 1.54) is 0 Å². The van der Waals surface area contributed by atoms with Crippen LogP contribution < -0.4 is 0 Å². The molecule has 0 spiro atoms. The Morgan fingerprint density at radius 3 is 1.52 bits per heavy atom. The van der Waals surface area contributed by atoms with E-state index >= 15 is 0 Å². The second kappa shape index (κ2) is 19.5. The molecule has 0 aliphatic rings. The topological polar surface area (TPSA) is 71.1 Å². The third-order valence-corrected chi connectivity index (χ3v) is 4.15. The summed E-state index contributed by atoms with van der Waals surface area (Å²) in [6, 6.07) is 0. The minimum absolute atomic E-state index is 0.224. The monoisotopic (exact) mass is 378 g/mol. The van der Waals surface area contributed by atoms with Gasteiger partial charge < -0.3 is 18.9 Å². The molecule has 0 aromatic carbocycles. The predicted molar refractivity (Wildman–Crippen MR) is 99.9 cm³/mol. The SMILES string of the molecule is CCCCOCCOC(=O)CCSCCC(=O)OCCOCCCC. The molecule has 0 aromatic rings. The molecule has 0 heterocycles. The van der Waals surface area contributed by atoms with Crippen LogP contribution in [0.3, 0.4) is 0 Å². The molecule has 0 bridgehead atoms. The minimum atomic E-state index is -0.224. The van der Waals surface area contributed by atoms with Gasteiger partial charge in [-0.1, -0.05) is 26.7 Å². The zero-order valence-corrected chi connectivity index (χ0v) is 16.6. The van der Waals surface area contributed by atoms with Gasteiger partial charge in [-0.25, -0.2) is 0 Å². The van der Waals surface area contributed by atoms with Crippen LogP contribution in [0.15, 0.2) is 0 Å². The van der Waals surface area contributed by atoms with E-state index in [-0.39, 0.29) is 11.9 Å². The maximum absolute atomic E-state index is 11.5. The van der Waals surface area contributed by atoms with Gasteiger partial charge in [-0.15, -0.1) is 0 Å². The van der Waals surface area contributed by atoms with Crippen molar-refractivity contribution in [2.24, 2.45) is 0 Å². The standard InChI is InChI=1S/C18H34O6S/c1-3-5-9-21-11-13-23-17(19)7-15-25-16-8-18(20)24-14-12-22-10-6-4-2/h3-16H2,1-2H3. The van der Waals surface area contributed by atoms with Gasteiger partial charge in [0.15, 0.2) is 0 Å². The summed E-state index contributed by atoms with van der Waals surface area (Å²) in [6.45, 7) is 7.14. The molecule has 0 aliphatic heterocycles. The number of thioether (sulfide) groups is 1. The molecule has 0 saturated heterocycles. The Balaban J connectivity index is 3.30. The van der Waals surface area contributed by atoms with E-state index in [0.717, 1.165) is 25.7 Å². The van der Waals surface area contributed by atoms with Gasteiger partial charge in [-0.3, -0.25) is 9.59 Å². The van der Waals surface area contributed by atoms with E-state index in [4.69, 9.17) is 18.9 Å². The number of unbranched alkanes of at least 4 members (excludes halogenated alkanes) is 2. The van der Waals surface area contributed by atoms with E-state index in [1.54, 1.807) is 11.8 Å². The van der Waals surface area contributed by atoms with Gasteiger partial charge in [0.1, 0.15) is 13.2 Å². The summed E-state index contributed by atoms with van der Waals surface area (Å²) in [5.41, 5.74) is 0. The van der Waals surface area contributed by atoms with Crippen LogP contribution in [-0.4, -0.2) is 63.1 Å². The predicted octanol–water partition coefficient (Wildman–Crippen LogP) is 3.22. The van der Waals surface area contributed by atoms with Crippen LogP contribution in [0.2, 0.25) is 0 Å². The van der Waals surface area contributed by atoms with E-state index in [9.17, 15) is 9.59 Å². The third-order valence-electron chi connectivity index (χ3n) is 3.17. The molecule has 148 valence electrons. The van der Waals surface area contributed by atoms with Gasteiger partial charge in [0.05, 0.1) is 26.1 Å². The molecule has 7 heteroatoms. The minimum Gasteiger partial charge on any atom is -0.463 e. The summed E-state index contributed by atoms with van der Waals surface area (Å²) in [6.07, 6.45) is 4.94. The molecule has 0 aromatic heterocycles. The van der Waals surface area contributed by atoms with Crippen LogP contribution in [0.1, 0.15) is 52.4 Å². The van der Waals surface area contributed by atoms with Crippen LogP contribution in [0.25, 0.3) is 0 Å². The Morgan fingerprint density at radius 1 is 0.680 bits per heavy atom. The largest absolute Gasteiger partial charge is 0.463 e. The number of ether oxygens (including phenoxy) is 4. The van der Waals surface area contributed by atoms with E-state index < -0.39 is 0 Å². The average Bonchev–Trinajstić information content (AvgIpc) is 2.60. The highest BCUT2D eigenvalue weighted by Crippen LogP contribution is 2.06. The van der Waals surface area contributed by atoms with Crippen molar-refractivity contribution in [2.45, 2.75) is 52.4 Å². The Labute approximate surface area is 156 Å². The van der Waals surface area contributed by atoms with Gasteiger partial charge in [0.2, 0.25) is 0 Å². The van der Waals surface area contributed by atoms with E-state index in [2.05, 4.69) is 13.8 Å². The first kappa shape index (κ1) is 24.2. The molecule has 0 amide bonds. The maximum Gasteiger partial charge on any atom is 0.306 e. The van der Waals surface area contributed by atoms with Crippen LogP contribution >= 0.6 is 11.8 Å². The molecule has 0 aliphatic carbocycles. The molecule has 0 fully saturated rings. The first-order valence-corrected chi connectivity index (χ1v) is 10.4. The summed E-state index contributed by atoms with van der Waals surface area (Å²) in [5.74, 6) is 0.836. The number of hydrogen-bond acceptors (Lipinski definition) is 7. The van der Waals surface area contributed by atoms with Crippen LogP contribution in [0, 0.1) is 0 Å². The van der Waals surface area contributed by atoms with E-state index in [0.29, 0.717) is 64.0 Å². The molecular formula is C18H34O6S. The number of carbonyl (C=O) groups is 2. The Kier molecular flexibility index (Phi) is 18.9. The molecular weight excluding hydrogens is 344 g/mol. The fourth-order valence-electron chi connectivity index (χ4n) is 1.68. The third kappa shape index (κ3) is 19.4. The quantitative estimate of drug-likeness (QED) is 0.268. The first-order chi connectivity index (χ1) is 12.2. The highest BCUT2D eigenvalue weighted by Gasteiger charge is 2.05. The molecule has 0 unspecified atom stereocenters. The first-order valence-electron chi connectivity index (χ1n) is 9.25. The molecule has 25 heavy (non-hydrogen) atoms. The van der Waals surface area contributed by atoms with Gasteiger partial charge in [0, 0.05) is 24.7 Å². The highest BCUT2D eigenvalue weighted by atomic mass is 32.2. The molecule has 0 saturated carbocycles. The number of hydrogen-bond donors (Lipinski definition) is 0. The summed E-state index contributed by atoms with van der Waals surface area (Å²) >= 11 is 1.55. The Morgan fingerprint density at radius 2 is 1.12 bits per heavy atom. The summed E-state index contributed by atoms with van der Waals surface area (Å²) in [7, 11) is 0. The van der Waals surface area contributed by atoms with Crippen molar-refractivity contribution in [3.8, 4) is 0 Å². The molecule has 0 radical (unpaired) electrons. The molecule has 0 rings (SSSR count).